The van der Waals surface area contributed by atoms with Crippen molar-refractivity contribution in [2.45, 2.75) is 32.9 Å². The number of hydrogen-bond acceptors (Lipinski definition) is 8. The van der Waals surface area contributed by atoms with Crippen molar-refractivity contribution in [1.29, 1.82) is 0 Å². The molecule has 1 aliphatic rings. The first-order chi connectivity index (χ1) is 16.6. The number of benzene rings is 2. The summed E-state index contributed by atoms with van der Waals surface area (Å²) in [5, 5.41) is 15.6. The number of fused-ring (bicyclic) bond motifs is 1. The van der Waals surface area contributed by atoms with E-state index in [0.29, 0.717) is 54.2 Å². The van der Waals surface area contributed by atoms with Crippen molar-refractivity contribution < 1.29 is 18.5 Å². The van der Waals surface area contributed by atoms with Gasteiger partial charge in [0.2, 0.25) is 5.89 Å². The van der Waals surface area contributed by atoms with E-state index in [4.69, 9.17) is 13.7 Å². The Morgan fingerprint density at radius 1 is 1.12 bits per heavy atom. The van der Waals surface area contributed by atoms with Crippen molar-refractivity contribution in [2.24, 2.45) is 0 Å². The molecule has 0 bridgehead atoms. The van der Waals surface area contributed by atoms with Crippen LogP contribution >= 0.6 is 0 Å². The molecule has 0 unspecified atom stereocenters. The van der Waals surface area contributed by atoms with Crippen molar-refractivity contribution in [3.63, 3.8) is 0 Å². The molecule has 2 aromatic carbocycles. The second kappa shape index (κ2) is 9.38. The van der Waals surface area contributed by atoms with Gasteiger partial charge in [0.1, 0.15) is 22.8 Å². The lowest BCUT2D eigenvalue weighted by Crippen LogP contribution is -2.48. The summed E-state index contributed by atoms with van der Waals surface area (Å²) in [5.74, 6) is 1.86. The zero-order valence-electron chi connectivity index (χ0n) is 19.0. The van der Waals surface area contributed by atoms with E-state index in [9.17, 15) is 4.79 Å². The van der Waals surface area contributed by atoms with Gasteiger partial charge in [0.05, 0.1) is 18.8 Å². The number of hydrogen-bond donors (Lipinski definition) is 1. The largest absolute Gasteiger partial charge is 0.477 e. The van der Waals surface area contributed by atoms with E-state index in [2.05, 4.69) is 20.7 Å². The number of ether oxygens (including phenoxy) is 1. The molecule has 9 nitrogen and oxygen atoms in total. The van der Waals surface area contributed by atoms with E-state index in [1.165, 1.54) is 0 Å². The van der Waals surface area contributed by atoms with Gasteiger partial charge in [-0.3, -0.25) is 4.79 Å². The molecule has 5 rings (SSSR count). The normalized spacial score (nSPS) is 15.0. The highest BCUT2D eigenvalue weighted by Crippen LogP contribution is 2.36. The van der Waals surface area contributed by atoms with Crippen LogP contribution in [0.5, 0.6) is 5.75 Å². The predicted molar refractivity (Wildman–Crippen MR) is 125 cm³/mol. The molecule has 34 heavy (non-hydrogen) atoms. The summed E-state index contributed by atoms with van der Waals surface area (Å²) in [4.78, 5) is 14.6. The highest BCUT2D eigenvalue weighted by molar-refractivity contribution is 5.83. The maximum Gasteiger partial charge on any atom is 0.262 e. The lowest BCUT2D eigenvalue weighted by molar-refractivity contribution is -0.127. The van der Waals surface area contributed by atoms with Crippen LogP contribution in [0, 0.1) is 6.92 Å². The van der Waals surface area contributed by atoms with Gasteiger partial charge in [-0.15, -0.1) is 10.2 Å². The van der Waals surface area contributed by atoms with Gasteiger partial charge in [0.25, 0.3) is 11.8 Å². The molecule has 0 radical (unpaired) electrons. The van der Waals surface area contributed by atoms with Gasteiger partial charge in [0.15, 0.2) is 6.10 Å². The Kier molecular flexibility index (Phi) is 5.99. The van der Waals surface area contributed by atoms with Crippen LogP contribution in [0.15, 0.2) is 63.5 Å². The van der Waals surface area contributed by atoms with Gasteiger partial charge >= 0.3 is 0 Å². The number of amides is 1. The summed E-state index contributed by atoms with van der Waals surface area (Å²) < 4.78 is 17.4. The van der Waals surface area contributed by atoms with E-state index in [1.807, 2.05) is 73.3 Å². The number of anilines is 1. The second-order valence-electron chi connectivity index (χ2n) is 8.08. The molecule has 0 fully saturated rings. The van der Waals surface area contributed by atoms with Gasteiger partial charge in [0, 0.05) is 12.1 Å². The third kappa shape index (κ3) is 4.24. The van der Waals surface area contributed by atoms with Gasteiger partial charge in [-0.25, -0.2) is 0 Å². The number of rotatable bonds is 7. The number of nitrogens with zero attached hydrogens (tertiary/aromatic N) is 4. The lowest BCUT2D eigenvalue weighted by atomic mass is 10.1. The average Bonchev–Trinajstić information content (AvgIpc) is 3.49. The first kappa shape index (κ1) is 21.7. The molecule has 2 aromatic heterocycles. The van der Waals surface area contributed by atoms with Crippen LogP contribution in [-0.4, -0.2) is 40.5 Å². The van der Waals surface area contributed by atoms with Crippen molar-refractivity contribution in [3.05, 3.63) is 66.2 Å². The summed E-state index contributed by atoms with van der Waals surface area (Å²) in [6.07, 6.45) is 0.227. The van der Waals surface area contributed by atoms with Crippen molar-refractivity contribution in [3.8, 4) is 28.5 Å². The van der Waals surface area contributed by atoms with E-state index in [1.54, 1.807) is 0 Å². The molecule has 3 heterocycles. The monoisotopic (exact) mass is 459 g/mol. The molecule has 1 aliphatic heterocycles. The quantitative estimate of drug-likeness (QED) is 0.442. The lowest BCUT2D eigenvalue weighted by Gasteiger charge is -2.34. The highest BCUT2D eigenvalue weighted by Gasteiger charge is 2.31. The first-order valence-corrected chi connectivity index (χ1v) is 11.3. The fourth-order valence-corrected chi connectivity index (χ4v) is 3.95. The predicted octanol–water partition coefficient (Wildman–Crippen LogP) is 3.99. The summed E-state index contributed by atoms with van der Waals surface area (Å²) >= 11 is 0. The molecule has 0 saturated heterocycles. The molecule has 0 spiro atoms. The third-order valence-electron chi connectivity index (χ3n) is 5.62. The minimum atomic E-state index is -0.631. The Labute approximate surface area is 196 Å². The molecule has 0 aliphatic carbocycles. The standard InChI is InChI=1S/C25H25N5O4/c1-3-13-26-24(31)20-14-30(18-11-7-8-12-19(18)32-20)15-21-27-28-25(33-21)22-16(2)34-29-23(22)17-9-5-4-6-10-17/h4-12,20H,3,13-15H2,1-2H3,(H,26,31)/t20-/m1/s1. The molecule has 0 saturated carbocycles. The Morgan fingerprint density at radius 3 is 2.74 bits per heavy atom. The fourth-order valence-electron chi connectivity index (χ4n) is 3.95. The van der Waals surface area contributed by atoms with E-state index in [0.717, 1.165) is 17.7 Å². The summed E-state index contributed by atoms with van der Waals surface area (Å²) in [7, 11) is 0. The maximum atomic E-state index is 12.6. The molecular weight excluding hydrogens is 434 g/mol. The van der Waals surface area contributed by atoms with Gasteiger partial charge in [-0.05, 0) is 25.5 Å². The van der Waals surface area contributed by atoms with Gasteiger partial charge in [-0.2, -0.15) is 0 Å². The molecule has 1 N–H and O–H groups in total. The number of carbonyl (C=O) groups is 1. The summed E-state index contributed by atoms with van der Waals surface area (Å²) in [5.41, 5.74) is 3.09. The van der Waals surface area contributed by atoms with Gasteiger partial charge in [-0.1, -0.05) is 54.5 Å². The molecular formula is C25H25N5O4. The summed E-state index contributed by atoms with van der Waals surface area (Å²) in [6, 6.07) is 17.3. The molecule has 174 valence electrons. The van der Waals surface area contributed by atoms with E-state index in [-0.39, 0.29) is 5.91 Å². The zero-order chi connectivity index (χ0) is 23.5. The number of aromatic nitrogens is 3. The van der Waals surface area contributed by atoms with Crippen LogP contribution in [-0.2, 0) is 11.3 Å². The maximum absolute atomic E-state index is 12.6. The second-order valence-corrected chi connectivity index (χ2v) is 8.08. The van der Waals surface area contributed by atoms with Gasteiger partial charge < -0.3 is 23.9 Å². The molecule has 1 amide bonds. The summed E-state index contributed by atoms with van der Waals surface area (Å²) in [6.45, 7) is 5.13. The van der Waals surface area contributed by atoms with Crippen LogP contribution in [0.25, 0.3) is 22.7 Å². The van der Waals surface area contributed by atoms with Crippen LogP contribution in [0.4, 0.5) is 5.69 Å². The van der Waals surface area contributed by atoms with E-state index < -0.39 is 6.10 Å². The molecule has 9 heteroatoms. The van der Waals surface area contributed by atoms with E-state index >= 15 is 0 Å². The minimum Gasteiger partial charge on any atom is -0.477 e. The topological polar surface area (TPSA) is 107 Å². The Morgan fingerprint density at radius 2 is 1.91 bits per heavy atom. The fraction of sp³-hybridized carbons (Fsp3) is 0.280. The van der Waals surface area contributed by atoms with Crippen LogP contribution < -0.4 is 15.0 Å². The van der Waals surface area contributed by atoms with Crippen LogP contribution in [0.1, 0.15) is 25.0 Å². The van der Waals surface area contributed by atoms with Crippen LogP contribution in [0.2, 0.25) is 0 Å². The highest BCUT2D eigenvalue weighted by atomic mass is 16.5. The number of nitrogens with one attached hydrogen (secondary N) is 1. The van der Waals surface area contributed by atoms with Crippen molar-refractivity contribution >= 4 is 11.6 Å². The van der Waals surface area contributed by atoms with Crippen LogP contribution in [0.3, 0.4) is 0 Å². The average molecular weight is 460 g/mol. The number of aryl methyl sites for hydroxylation is 1. The Hall–Kier alpha value is -4.14. The first-order valence-electron chi connectivity index (χ1n) is 11.3. The zero-order valence-corrected chi connectivity index (χ0v) is 19.0. The third-order valence-corrected chi connectivity index (χ3v) is 5.62. The SMILES string of the molecule is CCCNC(=O)[C@H]1CN(Cc2nnc(-c3c(-c4ccccc4)noc3C)o2)c2ccccc2O1. The smallest absolute Gasteiger partial charge is 0.262 e. The van der Waals surface area contributed by atoms with Crippen molar-refractivity contribution in [1.82, 2.24) is 20.7 Å². The number of carbonyl (C=O) groups excluding carboxylic acids is 1. The van der Waals surface area contributed by atoms with Crippen molar-refractivity contribution in [2.75, 3.05) is 18.0 Å². The Balaban J connectivity index is 1.41. The molecule has 4 aromatic rings. The molecule has 1 atom stereocenters. The minimum absolute atomic E-state index is 0.139. The number of para-hydroxylation sites is 2. The Bertz CT molecular complexity index is 1280.